The molecule has 6 heteroatoms. The number of methoxy groups -OCH3 is 2. The van der Waals surface area contributed by atoms with Crippen molar-refractivity contribution in [2.75, 3.05) is 14.2 Å². The van der Waals surface area contributed by atoms with Crippen molar-refractivity contribution in [2.45, 2.75) is 12.7 Å². The first-order valence-corrected chi connectivity index (χ1v) is 7.92. The largest absolute Gasteiger partial charge is 0.350 e. The fraction of sp³-hybridized carbons (Fsp3) is 0.222. The summed E-state index contributed by atoms with van der Waals surface area (Å²) in [5.74, 6) is 0. The molecule has 3 aromatic rings. The van der Waals surface area contributed by atoms with E-state index in [1.807, 2.05) is 30.3 Å². The van der Waals surface area contributed by atoms with Gasteiger partial charge in [-0.3, -0.25) is 9.78 Å². The van der Waals surface area contributed by atoms with Gasteiger partial charge in [-0.2, -0.15) is 0 Å². The van der Waals surface area contributed by atoms with Gasteiger partial charge in [-0.1, -0.05) is 42.5 Å². The van der Waals surface area contributed by atoms with Gasteiger partial charge in [-0.25, -0.2) is 0 Å². The number of aromatic nitrogens is 2. The molecule has 2 N–H and O–H groups in total. The van der Waals surface area contributed by atoms with Gasteiger partial charge >= 0.3 is 0 Å². The molecule has 0 saturated carbocycles. The maximum Gasteiger partial charge on any atom is 0.255 e. The molecule has 0 bridgehead atoms. The Labute approximate surface area is 144 Å². The molecule has 5 nitrogen and oxygen atoms in total. The molecule has 0 amide bonds. The lowest BCUT2D eigenvalue weighted by Gasteiger charge is -2.17. The highest BCUT2D eigenvalue weighted by molar-refractivity contribution is 7.71. The van der Waals surface area contributed by atoms with Crippen LogP contribution in [-0.4, -0.2) is 24.2 Å². The van der Waals surface area contributed by atoms with Crippen LogP contribution in [0.3, 0.4) is 0 Å². The third kappa shape index (κ3) is 3.17. The number of aromatic amines is 2. The average molecular weight is 342 g/mol. The van der Waals surface area contributed by atoms with E-state index in [9.17, 15) is 4.79 Å². The van der Waals surface area contributed by atoms with E-state index in [-0.39, 0.29) is 10.3 Å². The lowest BCUT2D eigenvalue weighted by atomic mass is 9.98. The first-order chi connectivity index (χ1) is 11.6. The van der Waals surface area contributed by atoms with Crippen LogP contribution in [0.15, 0.2) is 47.3 Å². The second-order valence-electron chi connectivity index (χ2n) is 5.42. The fourth-order valence-electron chi connectivity index (χ4n) is 2.88. The molecular formula is C18H18N2O3S. The molecule has 2 aromatic carbocycles. The van der Waals surface area contributed by atoms with E-state index in [2.05, 4.69) is 22.1 Å². The number of nitrogens with one attached hydrogen (secondary N) is 2. The Morgan fingerprint density at radius 2 is 1.75 bits per heavy atom. The van der Waals surface area contributed by atoms with Crippen LogP contribution in [0.4, 0.5) is 0 Å². The van der Waals surface area contributed by atoms with Gasteiger partial charge in [0.2, 0.25) is 0 Å². The van der Waals surface area contributed by atoms with Crippen LogP contribution in [0.2, 0.25) is 0 Å². The Morgan fingerprint density at radius 1 is 1.04 bits per heavy atom. The minimum atomic E-state index is -0.682. The third-order valence-corrected chi connectivity index (χ3v) is 4.19. The van der Waals surface area contributed by atoms with Crippen LogP contribution in [-0.2, 0) is 15.9 Å². The number of ether oxygens (including phenoxy) is 2. The van der Waals surface area contributed by atoms with Crippen molar-refractivity contribution in [3.63, 3.8) is 0 Å². The average Bonchev–Trinajstić information content (AvgIpc) is 2.59. The molecule has 1 aromatic heterocycles. The minimum Gasteiger partial charge on any atom is -0.350 e. The second-order valence-corrected chi connectivity index (χ2v) is 5.83. The summed E-state index contributed by atoms with van der Waals surface area (Å²) in [5, 5.41) is 2.24. The van der Waals surface area contributed by atoms with Crippen molar-refractivity contribution in [2.24, 2.45) is 0 Å². The van der Waals surface area contributed by atoms with Crippen molar-refractivity contribution < 1.29 is 9.47 Å². The van der Waals surface area contributed by atoms with Crippen LogP contribution in [0.25, 0.3) is 10.8 Å². The Morgan fingerprint density at radius 3 is 2.50 bits per heavy atom. The topological polar surface area (TPSA) is 67.1 Å². The molecule has 24 heavy (non-hydrogen) atoms. The first kappa shape index (κ1) is 16.6. The standard InChI is InChI=1S/C18H18N2O3S/c1-22-17(23-2)15-14(16(21)20-18(24)19-15)10-12-8-5-7-11-6-3-4-9-13(11)12/h3-9,17H,10H2,1-2H3,(H2,19,20,21,24). The molecule has 0 aliphatic heterocycles. The van der Waals surface area contributed by atoms with E-state index in [1.165, 1.54) is 14.2 Å². The van der Waals surface area contributed by atoms with Crippen molar-refractivity contribution in [3.05, 3.63) is 74.4 Å². The van der Waals surface area contributed by atoms with E-state index in [0.717, 1.165) is 16.3 Å². The lowest BCUT2D eigenvalue weighted by molar-refractivity contribution is -0.109. The van der Waals surface area contributed by atoms with Gasteiger partial charge in [-0.05, 0) is 28.6 Å². The molecule has 0 atom stereocenters. The van der Waals surface area contributed by atoms with Crippen molar-refractivity contribution in [1.29, 1.82) is 0 Å². The zero-order chi connectivity index (χ0) is 17.1. The van der Waals surface area contributed by atoms with Crippen LogP contribution < -0.4 is 5.56 Å². The summed E-state index contributed by atoms with van der Waals surface area (Å²) < 4.78 is 10.9. The van der Waals surface area contributed by atoms with Crippen molar-refractivity contribution in [3.8, 4) is 0 Å². The SMILES string of the molecule is COC(OC)c1[nH]c(=S)[nH]c(=O)c1Cc1cccc2ccccc12. The second kappa shape index (κ2) is 7.09. The molecule has 0 spiro atoms. The summed E-state index contributed by atoms with van der Waals surface area (Å²) in [6.07, 6.45) is -0.236. The van der Waals surface area contributed by atoms with E-state index in [0.29, 0.717) is 17.7 Å². The molecule has 0 aliphatic rings. The van der Waals surface area contributed by atoms with Gasteiger partial charge in [0.15, 0.2) is 11.1 Å². The predicted molar refractivity (Wildman–Crippen MR) is 95.8 cm³/mol. The van der Waals surface area contributed by atoms with Crippen LogP contribution in [0, 0.1) is 4.77 Å². The number of H-pyrrole nitrogens is 2. The highest BCUT2D eigenvalue weighted by Crippen LogP contribution is 2.24. The first-order valence-electron chi connectivity index (χ1n) is 7.51. The molecule has 0 aliphatic carbocycles. The monoisotopic (exact) mass is 342 g/mol. The van der Waals surface area contributed by atoms with Crippen LogP contribution >= 0.6 is 12.2 Å². The van der Waals surface area contributed by atoms with Crippen LogP contribution in [0.1, 0.15) is 23.1 Å². The number of fused-ring (bicyclic) bond motifs is 1. The maximum atomic E-state index is 12.5. The van der Waals surface area contributed by atoms with Gasteiger partial charge < -0.3 is 14.5 Å². The highest BCUT2D eigenvalue weighted by Gasteiger charge is 2.19. The quantitative estimate of drug-likeness (QED) is 0.550. The summed E-state index contributed by atoms with van der Waals surface area (Å²) in [6.45, 7) is 0. The minimum absolute atomic E-state index is 0.235. The van der Waals surface area contributed by atoms with E-state index in [4.69, 9.17) is 21.7 Å². The lowest BCUT2D eigenvalue weighted by Crippen LogP contribution is -2.22. The predicted octanol–water partition coefficient (Wildman–Crippen LogP) is 3.47. The normalized spacial score (nSPS) is 11.3. The molecule has 1 heterocycles. The smallest absolute Gasteiger partial charge is 0.255 e. The Kier molecular flexibility index (Phi) is 4.89. The molecule has 0 fully saturated rings. The fourth-order valence-corrected chi connectivity index (χ4v) is 3.08. The Balaban J connectivity index is 2.16. The molecular weight excluding hydrogens is 324 g/mol. The third-order valence-electron chi connectivity index (χ3n) is 3.99. The zero-order valence-corrected chi connectivity index (χ0v) is 14.3. The summed E-state index contributed by atoms with van der Waals surface area (Å²) in [5.41, 5.74) is 1.91. The van der Waals surface area contributed by atoms with E-state index < -0.39 is 6.29 Å². The maximum absolute atomic E-state index is 12.5. The summed E-state index contributed by atoms with van der Waals surface area (Å²) in [6, 6.07) is 14.1. The molecule has 0 unspecified atom stereocenters. The zero-order valence-electron chi connectivity index (χ0n) is 13.5. The van der Waals surface area contributed by atoms with Gasteiger partial charge in [0.05, 0.1) is 5.69 Å². The number of benzene rings is 2. The summed E-state index contributed by atoms with van der Waals surface area (Å²) in [4.78, 5) is 18.1. The molecule has 124 valence electrons. The molecule has 0 radical (unpaired) electrons. The van der Waals surface area contributed by atoms with E-state index in [1.54, 1.807) is 0 Å². The Hall–Kier alpha value is -2.28. The highest BCUT2D eigenvalue weighted by atomic mass is 32.1. The van der Waals surface area contributed by atoms with Crippen molar-refractivity contribution in [1.82, 2.24) is 9.97 Å². The van der Waals surface area contributed by atoms with Crippen molar-refractivity contribution >= 4 is 23.0 Å². The number of hydrogen-bond donors (Lipinski definition) is 2. The molecule has 3 rings (SSSR count). The number of rotatable bonds is 5. The van der Waals surface area contributed by atoms with E-state index >= 15 is 0 Å². The van der Waals surface area contributed by atoms with Gasteiger partial charge in [0.25, 0.3) is 5.56 Å². The summed E-state index contributed by atoms with van der Waals surface area (Å²) >= 11 is 5.08. The van der Waals surface area contributed by atoms with Gasteiger partial charge in [0.1, 0.15) is 0 Å². The number of hydrogen-bond acceptors (Lipinski definition) is 4. The van der Waals surface area contributed by atoms with Gasteiger partial charge in [-0.15, -0.1) is 0 Å². The summed E-state index contributed by atoms with van der Waals surface area (Å²) in [7, 11) is 3.04. The molecule has 0 saturated heterocycles. The van der Waals surface area contributed by atoms with Gasteiger partial charge in [0, 0.05) is 26.2 Å². The van der Waals surface area contributed by atoms with Crippen LogP contribution in [0.5, 0.6) is 0 Å². The Bertz CT molecular complexity index is 968.